The minimum absolute atomic E-state index is 0.0552. The number of aryl methyl sites for hydroxylation is 1. The number of amides is 2. The first-order chi connectivity index (χ1) is 11.5. The number of hydrogen-bond acceptors (Lipinski definition) is 6. The van der Waals surface area contributed by atoms with Crippen LogP contribution in [0.5, 0.6) is 0 Å². The molecule has 2 N–H and O–H groups in total. The predicted octanol–water partition coefficient (Wildman–Crippen LogP) is 1.53. The predicted molar refractivity (Wildman–Crippen MR) is 84.6 cm³/mol. The fourth-order valence-electron chi connectivity index (χ4n) is 1.92. The Morgan fingerprint density at radius 1 is 1.21 bits per heavy atom. The van der Waals surface area contributed by atoms with Crippen molar-refractivity contribution in [3.63, 3.8) is 0 Å². The number of nitrogens with one attached hydrogen (secondary N) is 2. The maximum atomic E-state index is 11.9. The van der Waals surface area contributed by atoms with E-state index in [1.165, 1.54) is 0 Å². The van der Waals surface area contributed by atoms with E-state index in [1.54, 1.807) is 44.2 Å². The summed E-state index contributed by atoms with van der Waals surface area (Å²) in [5, 5.41) is 8.50. The Hall–Kier alpha value is -3.16. The fraction of sp³-hybridized carbons (Fsp3) is 0.250. The molecule has 0 unspecified atom stereocenters. The van der Waals surface area contributed by atoms with Gasteiger partial charge in [0.05, 0.1) is 18.8 Å². The summed E-state index contributed by atoms with van der Waals surface area (Å²) < 4.78 is 9.81. The molecule has 8 heteroatoms. The SMILES string of the molecule is CCOC(=O)c1c(C)noc1NC(=O)CNC(=O)c1ccccc1. The van der Waals surface area contributed by atoms with Crippen molar-refractivity contribution in [3.8, 4) is 0 Å². The highest BCUT2D eigenvalue weighted by atomic mass is 16.5. The largest absolute Gasteiger partial charge is 0.462 e. The van der Waals surface area contributed by atoms with Gasteiger partial charge in [-0.2, -0.15) is 0 Å². The van der Waals surface area contributed by atoms with Crippen molar-refractivity contribution >= 4 is 23.7 Å². The standard InChI is InChI=1S/C16H17N3O5/c1-3-23-16(22)13-10(2)19-24-15(13)18-12(20)9-17-14(21)11-7-5-4-6-8-11/h4-8H,3,9H2,1-2H3,(H,17,21)(H,18,20). The van der Waals surface area contributed by atoms with E-state index in [0.29, 0.717) is 11.3 Å². The zero-order chi connectivity index (χ0) is 17.5. The second-order valence-corrected chi connectivity index (χ2v) is 4.79. The van der Waals surface area contributed by atoms with Crippen molar-refractivity contribution in [2.24, 2.45) is 0 Å². The quantitative estimate of drug-likeness (QED) is 0.777. The maximum absolute atomic E-state index is 11.9. The first kappa shape index (κ1) is 17.2. The number of carbonyl (C=O) groups is 3. The number of nitrogens with zero attached hydrogens (tertiary/aromatic N) is 1. The monoisotopic (exact) mass is 331 g/mol. The van der Waals surface area contributed by atoms with Crippen molar-refractivity contribution in [2.75, 3.05) is 18.5 Å². The number of aromatic nitrogens is 1. The molecule has 0 aliphatic rings. The first-order valence-electron chi connectivity index (χ1n) is 7.29. The number of ether oxygens (including phenoxy) is 1. The lowest BCUT2D eigenvalue weighted by molar-refractivity contribution is -0.115. The molecule has 126 valence electrons. The molecule has 1 aromatic carbocycles. The van der Waals surface area contributed by atoms with E-state index in [-0.39, 0.29) is 30.5 Å². The fourth-order valence-corrected chi connectivity index (χ4v) is 1.92. The number of anilines is 1. The first-order valence-corrected chi connectivity index (χ1v) is 7.29. The van der Waals surface area contributed by atoms with Crippen molar-refractivity contribution in [2.45, 2.75) is 13.8 Å². The third-order valence-electron chi connectivity index (χ3n) is 3.04. The number of esters is 1. The minimum atomic E-state index is -0.639. The molecular weight excluding hydrogens is 314 g/mol. The molecule has 2 rings (SSSR count). The molecule has 1 aromatic heterocycles. The van der Waals surface area contributed by atoms with Gasteiger partial charge >= 0.3 is 5.97 Å². The molecule has 0 bridgehead atoms. The van der Waals surface area contributed by atoms with E-state index in [4.69, 9.17) is 9.26 Å². The number of hydrogen-bond donors (Lipinski definition) is 2. The van der Waals surface area contributed by atoms with Crippen LogP contribution in [0.1, 0.15) is 33.3 Å². The second-order valence-electron chi connectivity index (χ2n) is 4.79. The zero-order valence-electron chi connectivity index (χ0n) is 13.3. The van der Waals surface area contributed by atoms with Crippen LogP contribution in [0, 0.1) is 6.92 Å². The Bertz CT molecular complexity index is 739. The van der Waals surface area contributed by atoms with Crippen LogP contribution in [0.2, 0.25) is 0 Å². The Labute approximate surface area is 138 Å². The van der Waals surface area contributed by atoms with E-state index in [0.717, 1.165) is 0 Å². The van der Waals surface area contributed by atoms with Gasteiger partial charge in [0.2, 0.25) is 11.8 Å². The summed E-state index contributed by atoms with van der Waals surface area (Å²) in [6.45, 7) is 3.13. The van der Waals surface area contributed by atoms with Gasteiger partial charge in [0, 0.05) is 5.56 Å². The van der Waals surface area contributed by atoms with E-state index in [2.05, 4.69) is 15.8 Å². The van der Waals surface area contributed by atoms with Crippen LogP contribution >= 0.6 is 0 Å². The summed E-state index contributed by atoms with van der Waals surface area (Å²) in [6, 6.07) is 8.49. The van der Waals surface area contributed by atoms with Gasteiger partial charge in [-0.1, -0.05) is 23.4 Å². The van der Waals surface area contributed by atoms with Crippen molar-refractivity contribution in [1.82, 2.24) is 10.5 Å². The molecule has 0 radical (unpaired) electrons. The van der Waals surface area contributed by atoms with Gasteiger partial charge in [-0.25, -0.2) is 4.79 Å². The molecule has 0 fully saturated rings. The number of rotatable bonds is 6. The molecule has 2 aromatic rings. The summed E-state index contributed by atoms with van der Waals surface area (Å²) in [5.74, 6) is -1.68. The smallest absolute Gasteiger partial charge is 0.345 e. The van der Waals surface area contributed by atoms with E-state index < -0.39 is 11.9 Å². The molecule has 0 aliphatic carbocycles. The van der Waals surface area contributed by atoms with Crippen LogP contribution < -0.4 is 10.6 Å². The highest BCUT2D eigenvalue weighted by Crippen LogP contribution is 2.20. The molecule has 2 amide bonds. The highest BCUT2D eigenvalue weighted by Gasteiger charge is 2.23. The molecule has 0 saturated carbocycles. The number of carbonyl (C=O) groups excluding carboxylic acids is 3. The zero-order valence-corrected chi connectivity index (χ0v) is 13.3. The maximum Gasteiger partial charge on any atom is 0.345 e. The summed E-state index contributed by atoms with van der Waals surface area (Å²) in [7, 11) is 0. The van der Waals surface area contributed by atoms with Gasteiger partial charge in [-0.15, -0.1) is 0 Å². The van der Waals surface area contributed by atoms with Crippen LogP contribution in [0.15, 0.2) is 34.9 Å². The Kier molecular flexibility index (Phi) is 5.67. The van der Waals surface area contributed by atoms with Gasteiger partial charge in [-0.3, -0.25) is 14.9 Å². The molecular formula is C16H17N3O5. The van der Waals surface area contributed by atoms with Crippen LogP contribution in [0.25, 0.3) is 0 Å². The lowest BCUT2D eigenvalue weighted by Crippen LogP contribution is -2.33. The molecule has 8 nitrogen and oxygen atoms in total. The van der Waals surface area contributed by atoms with Crippen molar-refractivity contribution < 1.29 is 23.6 Å². The normalized spacial score (nSPS) is 10.1. The summed E-state index contributed by atoms with van der Waals surface area (Å²) in [6.07, 6.45) is 0. The van der Waals surface area contributed by atoms with Gasteiger partial charge < -0.3 is 14.6 Å². The lowest BCUT2D eigenvalue weighted by Gasteiger charge is -2.06. The minimum Gasteiger partial charge on any atom is -0.462 e. The van der Waals surface area contributed by atoms with E-state index in [1.807, 2.05) is 0 Å². The average molecular weight is 331 g/mol. The van der Waals surface area contributed by atoms with Gasteiger partial charge in [0.15, 0.2) is 0 Å². The Balaban J connectivity index is 1.96. The summed E-state index contributed by atoms with van der Waals surface area (Å²) in [4.78, 5) is 35.6. The molecule has 1 heterocycles. The lowest BCUT2D eigenvalue weighted by atomic mass is 10.2. The van der Waals surface area contributed by atoms with E-state index >= 15 is 0 Å². The summed E-state index contributed by atoms with van der Waals surface area (Å²) in [5.41, 5.74) is 0.796. The third-order valence-corrected chi connectivity index (χ3v) is 3.04. The van der Waals surface area contributed by atoms with Gasteiger partial charge in [0.1, 0.15) is 5.56 Å². The molecule has 24 heavy (non-hydrogen) atoms. The van der Waals surface area contributed by atoms with Gasteiger partial charge in [0.25, 0.3) is 5.91 Å². The van der Waals surface area contributed by atoms with Crippen molar-refractivity contribution in [3.05, 3.63) is 47.2 Å². The molecule has 0 aliphatic heterocycles. The highest BCUT2D eigenvalue weighted by molar-refractivity contribution is 6.02. The molecule has 0 atom stereocenters. The van der Waals surface area contributed by atoms with Crippen molar-refractivity contribution in [1.29, 1.82) is 0 Å². The topological polar surface area (TPSA) is 111 Å². The van der Waals surface area contributed by atoms with E-state index in [9.17, 15) is 14.4 Å². The van der Waals surface area contributed by atoms with Crippen LogP contribution in [0.4, 0.5) is 5.88 Å². The van der Waals surface area contributed by atoms with Crippen LogP contribution in [0.3, 0.4) is 0 Å². The Morgan fingerprint density at radius 3 is 2.58 bits per heavy atom. The Morgan fingerprint density at radius 2 is 1.92 bits per heavy atom. The van der Waals surface area contributed by atoms with Crippen LogP contribution in [-0.2, 0) is 9.53 Å². The number of benzene rings is 1. The van der Waals surface area contributed by atoms with Crippen LogP contribution in [-0.4, -0.2) is 36.1 Å². The van der Waals surface area contributed by atoms with Gasteiger partial charge in [-0.05, 0) is 26.0 Å². The summed E-state index contributed by atoms with van der Waals surface area (Å²) >= 11 is 0. The third kappa shape index (κ3) is 4.19. The molecule has 0 saturated heterocycles. The second kappa shape index (κ2) is 7.91. The molecule has 0 spiro atoms. The average Bonchev–Trinajstić information content (AvgIpc) is 2.94.